The normalized spacial score (nSPS) is 15.3. The van der Waals surface area contributed by atoms with E-state index < -0.39 is 10.0 Å². The second-order valence-corrected chi connectivity index (χ2v) is 16.1. The third kappa shape index (κ3) is 5.92. The van der Waals surface area contributed by atoms with Crippen LogP contribution in [0.2, 0.25) is 0 Å². The molecule has 0 fully saturated rings. The summed E-state index contributed by atoms with van der Waals surface area (Å²) < 4.78 is 29.7. The number of fused-ring (bicyclic) bond motifs is 3. The maximum absolute atomic E-state index is 13.7. The number of aromatic nitrogens is 1. The lowest BCUT2D eigenvalue weighted by Gasteiger charge is -2.28. The SMILES string of the molecule is O=C(Nc1sc2c(c1-c1nc3ccccc3s1)CCN(Cc1ccccc1)C2)c1ccc(S(=O)(=O)N2CCc3ccccc3C2)cc1. The summed E-state index contributed by atoms with van der Waals surface area (Å²) in [7, 11) is -3.70. The minimum atomic E-state index is -3.70. The fourth-order valence-electron chi connectivity index (χ4n) is 6.50. The topological polar surface area (TPSA) is 82.6 Å². The number of amides is 1. The van der Waals surface area contributed by atoms with Gasteiger partial charge in [-0.3, -0.25) is 9.69 Å². The monoisotopic (exact) mass is 676 g/mol. The van der Waals surface area contributed by atoms with Crippen molar-refractivity contribution < 1.29 is 13.2 Å². The van der Waals surface area contributed by atoms with Crippen LogP contribution >= 0.6 is 22.7 Å². The molecule has 1 amide bonds. The minimum Gasteiger partial charge on any atom is -0.313 e. The molecule has 4 aromatic carbocycles. The molecule has 7 nitrogen and oxygen atoms in total. The summed E-state index contributed by atoms with van der Waals surface area (Å²) in [5, 5.41) is 4.88. The number of nitrogens with zero attached hydrogens (tertiary/aromatic N) is 3. The second kappa shape index (κ2) is 12.4. The largest absolute Gasteiger partial charge is 0.313 e. The Balaban J connectivity index is 1.06. The number of nitrogens with one attached hydrogen (secondary N) is 1. The van der Waals surface area contributed by atoms with E-state index >= 15 is 0 Å². The number of benzene rings is 4. The van der Waals surface area contributed by atoms with E-state index in [0.29, 0.717) is 25.1 Å². The molecule has 10 heteroatoms. The van der Waals surface area contributed by atoms with Crippen LogP contribution in [0.5, 0.6) is 0 Å². The first-order valence-corrected chi connectivity index (χ1v) is 18.7. The lowest BCUT2D eigenvalue weighted by Crippen LogP contribution is -2.35. The third-order valence-electron chi connectivity index (χ3n) is 8.97. The summed E-state index contributed by atoms with van der Waals surface area (Å²) >= 11 is 3.26. The molecule has 2 aliphatic rings. The highest BCUT2D eigenvalue weighted by Crippen LogP contribution is 2.46. The number of sulfonamides is 1. The van der Waals surface area contributed by atoms with Crippen LogP contribution in [0.15, 0.2) is 108 Å². The van der Waals surface area contributed by atoms with Crippen molar-refractivity contribution in [3.05, 3.63) is 136 Å². The number of hydrogen-bond donors (Lipinski definition) is 1. The van der Waals surface area contributed by atoms with Crippen molar-refractivity contribution in [3.63, 3.8) is 0 Å². The van der Waals surface area contributed by atoms with E-state index in [1.54, 1.807) is 46.9 Å². The van der Waals surface area contributed by atoms with Crippen LogP contribution < -0.4 is 5.32 Å². The Hall–Kier alpha value is -4.19. The zero-order valence-electron chi connectivity index (χ0n) is 25.6. The van der Waals surface area contributed by atoms with Crippen LogP contribution in [0, 0.1) is 0 Å². The molecule has 0 aliphatic carbocycles. The zero-order valence-corrected chi connectivity index (χ0v) is 28.0. The average molecular weight is 677 g/mol. The van der Waals surface area contributed by atoms with Gasteiger partial charge in [-0.2, -0.15) is 4.31 Å². The van der Waals surface area contributed by atoms with Crippen molar-refractivity contribution in [2.75, 3.05) is 18.4 Å². The second-order valence-electron chi connectivity index (χ2n) is 12.0. The van der Waals surface area contributed by atoms with E-state index in [-0.39, 0.29) is 10.8 Å². The Kier molecular flexibility index (Phi) is 7.98. The van der Waals surface area contributed by atoms with Gasteiger partial charge in [0.2, 0.25) is 10.0 Å². The van der Waals surface area contributed by atoms with E-state index in [9.17, 15) is 13.2 Å². The molecule has 0 unspecified atom stereocenters. The Morgan fingerprint density at radius 3 is 2.34 bits per heavy atom. The van der Waals surface area contributed by atoms with Gasteiger partial charge in [0.15, 0.2) is 0 Å². The number of thiazole rings is 1. The molecule has 6 aromatic rings. The molecule has 2 aliphatic heterocycles. The fraction of sp³-hybridized carbons (Fsp3) is 0.189. The van der Waals surface area contributed by atoms with Crippen molar-refractivity contribution in [1.29, 1.82) is 0 Å². The summed E-state index contributed by atoms with van der Waals surface area (Å²) in [6, 6.07) is 32.9. The van der Waals surface area contributed by atoms with Crippen molar-refractivity contribution in [3.8, 4) is 10.6 Å². The lowest BCUT2D eigenvalue weighted by molar-refractivity contribution is 0.102. The van der Waals surface area contributed by atoms with Gasteiger partial charge in [-0.15, -0.1) is 22.7 Å². The molecule has 1 N–H and O–H groups in total. The third-order valence-corrected chi connectivity index (χ3v) is 13.0. The minimum absolute atomic E-state index is 0.189. The molecular weight excluding hydrogens is 645 g/mol. The van der Waals surface area contributed by atoms with Gasteiger partial charge in [-0.25, -0.2) is 13.4 Å². The molecule has 2 aromatic heterocycles. The van der Waals surface area contributed by atoms with Gasteiger partial charge in [-0.05, 0) is 71.5 Å². The Morgan fingerprint density at radius 2 is 1.53 bits per heavy atom. The first-order chi connectivity index (χ1) is 22.9. The number of carbonyl (C=O) groups excluding carboxylic acids is 1. The van der Waals surface area contributed by atoms with Crippen LogP contribution in [0.3, 0.4) is 0 Å². The molecular formula is C37H32N4O3S3. The van der Waals surface area contributed by atoms with Gasteiger partial charge in [0.25, 0.3) is 5.91 Å². The van der Waals surface area contributed by atoms with Gasteiger partial charge in [0.05, 0.1) is 15.1 Å². The van der Waals surface area contributed by atoms with Crippen molar-refractivity contribution in [1.82, 2.24) is 14.2 Å². The van der Waals surface area contributed by atoms with Gasteiger partial charge in [0, 0.05) is 48.7 Å². The highest BCUT2D eigenvalue weighted by Gasteiger charge is 2.30. The Morgan fingerprint density at radius 1 is 0.787 bits per heavy atom. The van der Waals surface area contributed by atoms with Crippen LogP contribution in [-0.4, -0.2) is 41.6 Å². The van der Waals surface area contributed by atoms with Gasteiger partial charge in [0.1, 0.15) is 10.0 Å². The van der Waals surface area contributed by atoms with Gasteiger partial charge >= 0.3 is 0 Å². The molecule has 0 radical (unpaired) electrons. The summed E-state index contributed by atoms with van der Waals surface area (Å²) in [6.45, 7) is 3.37. The van der Waals surface area contributed by atoms with Crippen LogP contribution in [-0.2, 0) is 42.5 Å². The number of rotatable bonds is 7. The summed E-state index contributed by atoms with van der Waals surface area (Å²) in [4.78, 5) is 22.5. The highest BCUT2D eigenvalue weighted by molar-refractivity contribution is 7.89. The summed E-state index contributed by atoms with van der Waals surface area (Å²) in [6.07, 6.45) is 1.55. The maximum Gasteiger partial charge on any atom is 0.256 e. The fourth-order valence-corrected chi connectivity index (χ4v) is 10.3. The van der Waals surface area contributed by atoms with Crippen molar-refractivity contribution in [2.45, 2.75) is 37.4 Å². The van der Waals surface area contributed by atoms with Gasteiger partial charge in [-0.1, -0.05) is 66.7 Å². The molecule has 0 atom stereocenters. The van der Waals surface area contributed by atoms with E-state index in [0.717, 1.165) is 57.4 Å². The number of thiophene rings is 1. The molecule has 0 bridgehead atoms. The van der Waals surface area contributed by atoms with Crippen molar-refractivity contribution in [2.24, 2.45) is 0 Å². The maximum atomic E-state index is 13.7. The Labute approximate surface area is 282 Å². The van der Waals surface area contributed by atoms with E-state index in [1.807, 2.05) is 42.5 Å². The van der Waals surface area contributed by atoms with Crippen LogP contribution in [0.4, 0.5) is 5.00 Å². The highest BCUT2D eigenvalue weighted by atomic mass is 32.2. The molecule has 0 spiro atoms. The molecule has 236 valence electrons. The number of para-hydroxylation sites is 1. The summed E-state index contributed by atoms with van der Waals surface area (Å²) in [5.41, 5.74) is 7.10. The van der Waals surface area contributed by atoms with Gasteiger partial charge < -0.3 is 5.32 Å². The van der Waals surface area contributed by atoms with E-state index in [4.69, 9.17) is 4.98 Å². The number of carbonyl (C=O) groups is 1. The smallest absolute Gasteiger partial charge is 0.256 e. The number of anilines is 1. The molecule has 4 heterocycles. The quantitative estimate of drug-likeness (QED) is 0.189. The van der Waals surface area contributed by atoms with E-state index in [1.165, 1.54) is 25.9 Å². The van der Waals surface area contributed by atoms with Crippen LogP contribution in [0.1, 0.15) is 37.5 Å². The molecule has 47 heavy (non-hydrogen) atoms. The first-order valence-electron chi connectivity index (χ1n) is 15.7. The van der Waals surface area contributed by atoms with Crippen LogP contribution in [0.25, 0.3) is 20.8 Å². The summed E-state index contributed by atoms with van der Waals surface area (Å²) in [5.74, 6) is -0.275. The molecule has 0 saturated carbocycles. The standard InChI is InChI=1S/C37H32N4O3S3/c42-35(27-14-16-29(17-15-27)47(43,44)41-21-18-26-10-4-5-11-28(26)23-41)39-37-34(36-38-31-12-6-7-13-32(31)45-36)30-19-20-40(24-33(30)46-37)22-25-8-2-1-3-9-25/h1-17H,18-24H2,(H,39,42). The number of hydrogen-bond acceptors (Lipinski definition) is 7. The molecule has 0 saturated heterocycles. The first kappa shape index (κ1) is 30.2. The zero-order chi connectivity index (χ0) is 32.0. The lowest BCUT2D eigenvalue weighted by atomic mass is 10.0. The molecule has 8 rings (SSSR count). The Bertz CT molecular complexity index is 2180. The van der Waals surface area contributed by atoms with E-state index in [2.05, 4.69) is 46.6 Å². The predicted molar refractivity (Wildman–Crippen MR) is 189 cm³/mol. The van der Waals surface area contributed by atoms with Crippen molar-refractivity contribution >= 4 is 53.8 Å². The average Bonchev–Trinajstić information content (AvgIpc) is 3.69. The predicted octanol–water partition coefficient (Wildman–Crippen LogP) is 7.58.